The van der Waals surface area contributed by atoms with Crippen LogP contribution in [-0.4, -0.2) is 17.6 Å². The standard InChI is InChI=1S/C9H11NO2/c1-3-6-10-7-4-5-8(2)9(11)12/h4-5H,2-3,6H2,1H3/p+1. The molecule has 3 heteroatoms. The van der Waals surface area contributed by atoms with Crippen LogP contribution in [0.3, 0.4) is 0 Å². The highest BCUT2D eigenvalue weighted by Gasteiger charge is 1.96. The van der Waals surface area contributed by atoms with E-state index in [9.17, 15) is 4.79 Å². The Morgan fingerprint density at radius 3 is 2.92 bits per heavy atom. The summed E-state index contributed by atoms with van der Waals surface area (Å²) < 4.78 is 0. The van der Waals surface area contributed by atoms with Crippen molar-refractivity contribution < 1.29 is 9.90 Å². The molecule has 0 unspecified atom stereocenters. The summed E-state index contributed by atoms with van der Waals surface area (Å²) in [6, 6.07) is 2.59. The maximum atomic E-state index is 10.2. The van der Waals surface area contributed by atoms with Gasteiger partial charge in [-0.15, -0.1) is 0 Å². The van der Waals surface area contributed by atoms with Crippen LogP contribution in [0.1, 0.15) is 13.3 Å². The van der Waals surface area contributed by atoms with E-state index in [0.29, 0.717) is 6.54 Å². The fourth-order valence-corrected chi connectivity index (χ4v) is 0.438. The van der Waals surface area contributed by atoms with Crippen LogP contribution in [0.15, 0.2) is 24.3 Å². The maximum Gasteiger partial charge on any atom is 0.335 e. The normalized spacial score (nSPS) is 9.08. The number of rotatable bonds is 3. The first-order valence-corrected chi connectivity index (χ1v) is 3.69. The molecule has 1 N–H and O–H groups in total. The molecule has 0 heterocycles. The molecule has 0 aliphatic heterocycles. The third-order valence-corrected chi connectivity index (χ3v) is 1.06. The van der Waals surface area contributed by atoms with Crippen LogP contribution in [0.4, 0.5) is 0 Å². The van der Waals surface area contributed by atoms with Crippen molar-refractivity contribution in [2.45, 2.75) is 13.3 Å². The van der Waals surface area contributed by atoms with Gasteiger partial charge in [0.05, 0.1) is 11.6 Å². The molecule has 0 radical (unpaired) electrons. The SMILES string of the molecule is C=C(C=CC#[N+]CCC)C(=O)O. The zero-order chi connectivity index (χ0) is 9.40. The maximum absolute atomic E-state index is 10.2. The molecule has 0 aliphatic carbocycles. The second-order valence-electron chi connectivity index (χ2n) is 2.17. The summed E-state index contributed by atoms with van der Waals surface area (Å²) in [5, 5.41) is 8.38. The summed E-state index contributed by atoms with van der Waals surface area (Å²) in [7, 11) is 0. The van der Waals surface area contributed by atoms with Crippen molar-refractivity contribution in [3.05, 3.63) is 29.1 Å². The van der Waals surface area contributed by atoms with Crippen LogP contribution in [0, 0.1) is 6.07 Å². The quantitative estimate of drug-likeness (QED) is 0.395. The van der Waals surface area contributed by atoms with Gasteiger partial charge in [-0.05, 0) is 6.08 Å². The van der Waals surface area contributed by atoms with E-state index in [1.807, 2.05) is 6.92 Å². The Hall–Kier alpha value is -1.56. The second kappa shape index (κ2) is 6.17. The Labute approximate surface area is 71.8 Å². The molecular weight excluding hydrogens is 154 g/mol. The molecule has 0 aliphatic rings. The first-order valence-electron chi connectivity index (χ1n) is 3.69. The molecular formula is C9H12NO2+. The van der Waals surface area contributed by atoms with Crippen LogP contribution in [-0.2, 0) is 4.79 Å². The Bertz CT molecular complexity index is 255. The summed E-state index contributed by atoms with van der Waals surface area (Å²) in [5.74, 6) is -1.02. The number of hydrogen-bond donors (Lipinski definition) is 1. The number of carboxylic acids is 1. The van der Waals surface area contributed by atoms with E-state index < -0.39 is 5.97 Å². The molecule has 0 atom stereocenters. The summed E-state index contributed by atoms with van der Waals surface area (Å²) >= 11 is 0. The van der Waals surface area contributed by atoms with Gasteiger partial charge in [-0.3, -0.25) is 0 Å². The van der Waals surface area contributed by atoms with Crippen molar-refractivity contribution in [2.75, 3.05) is 6.54 Å². The third-order valence-electron chi connectivity index (χ3n) is 1.06. The van der Waals surface area contributed by atoms with Crippen molar-refractivity contribution in [3.8, 4) is 6.07 Å². The largest absolute Gasteiger partial charge is 0.478 e. The van der Waals surface area contributed by atoms with Crippen molar-refractivity contribution >= 4 is 5.97 Å². The number of carbonyl (C=O) groups is 1. The zero-order valence-electron chi connectivity index (χ0n) is 7.08. The minimum atomic E-state index is -1.02. The van der Waals surface area contributed by atoms with Crippen molar-refractivity contribution in [2.24, 2.45) is 0 Å². The van der Waals surface area contributed by atoms with E-state index in [-0.39, 0.29) is 5.57 Å². The van der Waals surface area contributed by atoms with E-state index >= 15 is 0 Å². The molecule has 0 fully saturated rings. The lowest BCUT2D eigenvalue weighted by molar-refractivity contribution is -0.132. The monoisotopic (exact) mass is 166 g/mol. The third kappa shape index (κ3) is 5.24. The summed E-state index contributed by atoms with van der Waals surface area (Å²) in [5.41, 5.74) is 0.0363. The molecule has 0 spiro atoms. The number of carboxylic acid groups (broad SMARTS) is 1. The molecule has 0 saturated carbocycles. The van der Waals surface area contributed by atoms with Crippen LogP contribution >= 0.6 is 0 Å². The number of nitrogens with zero attached hydrogens (tertiary/aromatic N) is 1. The molecule has 12 heavy (non-hydrogen) atoms. The molecule has 0 aromatic rings. The van der Waals surface area contributed by atoms with Gasteiger partial charge in [-0.2, -0.15) is 0 Å². The first-order chi connectivity index (χ1) is 5.68. The average molecular weight is 166 g/mol. The van der Waals surface area contributed by atoms with Crippen LogP contribution in [0.2, 0.25) is 0 Å². The highest BCUT2D eigenvalue weighted by Crippen LogP contribution is 1.91. The van der Waals surface area contributed by atoms with Gasteiger partial charge in [-0.25, -0.2) is 4.79 Å². The lowest BCUT2D eigenvalue weighted by Gasteiger charge is -1.83. The van der Waals surface area contributed by atoms with Gasteiger partial charge in [0.1, 0.15) is 0 Å². The van der Waals surface area contributed by atoms with E-state index in [1.54, 1.807) is 0 Å². The summed E-state index contributed by atoms with van der Waals surface area (Å²) in [4.78, 5) is 14.1. The minimum Gasteiger partial charge on any atom is -0.478 e. The Balaban J connectivity index is 3.86. The molecule has 3 nitrogen and oxygen atoms in total. The predicted molar refractivity (Wildman–Crippen MR) is 48.3 cm³/mol. The van der Waals surface area contributed by atoms with Crippen LogP contribution in [0.5, 0.6) is 0 Å². The molecule has 0 saturated heterocycles. The van der Waals surface area contributed by atoms with Crippen LogP contribution < -0.4 is 0 Å². The summed E-state index contributed by atoms with van der Waals surface area (Å²) in [6.45, 7) is 6.02. The Morgan fingerprint density at radius 1 is 1.75 bits per heavy atom. The molecule has 0 aromatic heterocycles. The minimum absolute atomic E-state index is 0.0363. The highest BCUT2D eigenvalue weighted by atomic mass is 16.4. The smallest absolute Gasteiger partial charge is 0.335 e. The second-order valence-corrected chi connectivity index (χ2v) is 2.17. The van der Waals surface area contributed by atoms with Gasteiger partial charge in [-0.1, -0.05) is 18.3 Å². The molecule has 0 amide bonds. The van der Waals surface area contributed by atoms with E-state index in [0.717, 1.165) is 6.42 Å². The molecule has 0 rings (SSSR count). The lowest BCUT2D eigenvalue weighted by Crippen LogP contribution is -1.94. The van der Waals surface area contributed by atoms with Crippen molar-refractivity contribution in [1.29, 1.82) is 0 Å². The zero-order valence-corrected chi connectivity index (χ0v) is 7.08. The Kier molecular flexibility index (Phi) is 5.37. The number of hydrogen-bond acceptors (Lipinski definition) is 1. The van der Waals surface area contributed by atoms with Gasteiger partial charge < -0.3 is 5.11 Å². The Morgan fingerprint density at radius 2 is 2.42 bits per heavy atom. The average Bonchev–Trinajstić information content (AvgIpc) is 2.03. The highest BCUT2D eigenvalue weighted by molar-refractivity contribution is 5.89. The van der Waals surface area contributed by atoms with E-state index in [1.165, 1.54) is 12.2 Å². The van der Waals surface area contributed by atoms with Gasteiger partial charge in [0.25, 0.3) is 6.54 Å². The topological polar surface area (TPSA) is 41.7 Å². The fraction of sp³-hybridized carbons (Fsp3) is 0.333. The van der Waals surface area contributed by atoms with Gasteiger partial charge in [0.2, 0.25) is 0 Å². The molecule has 0 aromatic carbocycles. The first kappa shape index (κ1) is 10.4. The molecule has 64 valence electrons. The van der Waals surface area contributed by atoms with Crippen molar-refractivity contribution in [3.63, 3.8) is 0 Å². The summed E-state index contributed by atoms with van der Waals surface area (Å²) in [6.07, 6.45) is 3.77. The van der Waals surface area contributed by atoms with Crippen LogP contribution in [0.25, 0.3) is 4.85 Å². The van der Waals surface area contributed by atoms with Gasteiger partial charge in [0.15, 0.2) is 0 Å². The van der Waals surface area contributed by atoms with Crippen molar-refractivity contribution in [1.82, 2.24) is 0 Å². The van der Waals surface area contributed by atoms with Gasteiger partial charge in [0, 0.05) is 6.42 Å². The predicted octanol–water partition coefficient (Wildman–Crippen LogP) is 1.93. The van der Waals surface area contributed by atoms with E-state index in [4.69, 9.17) is 5.11 Å². The van der Waals surface area contributed by atoms with E-state index in [2.05, 4.69) is 17.5 Å². The molecule has 0 bridgehead atoms. The lowest BCUT2D eigenvalue weighted by atomic mass is 10.3. The van der Waals surface area contributed by atoms with Gasteiger partial charge >= 0.3 is 12.0 Å². The number of allylic oxidation sites excluding steroid dienone is 1. The number of aliphatic carboxylic acids is 1. The fourth-order valence-electron chi connectivity index (χ4n) is 0.438.